The number of ketones is 1. The second-order valence-corrected chi connectivity index (χ2v) is 3.97. The average molecular weight is 201 g/mol. The van der Waals surface area contributed by atoms with E-state index in [2.05, 4.69) is 10.1 Å². The monoisotopic (exact) mass is 201 g/mol. The van der Waals surface area contributed by atoms with Gasteiger partial charge in [0.2, 0.25) is 0 Å². The Morgan fingerprint density at radius 2 is 2.33 bits per heavy atom. The first-order chi connectivity index (χ1) is 7.33. The molecular weight excluding hydrogens is 190 g/mol. The third kappa shape index (κ3) is 1.63. The van der Waals surface area contributed by atoms with Gasteiger partial charge in [-0.2, -0.15) is 5.10 Å². The summed E-state index contributed by atoms with van der Waals surface area (Å²) in [4.78, 5) is 16.0. The fourth-order valence-electron chi connectivity index (χ4n) is 1.68. The predicted molar refractivity (Wildman–Crippen MR) is 54.4 cm³/mol. The molecule has 0 aliphatic heterocycles. The van der Waals surface area contributed by atoms with Crippen LogP contribution in [0, 0.1) is 5.92 Å². The Hall–Kier alpha value is -1.71. The normalized spacial score (nSPS) is 15.7. The molecule has 0 spiro atoms. The standard InChI is InChI=1S/C11H11N3O/c15-10(8-1-2-8)7-9-4-6-14-11(13-9)3-5-12-14/h3-6,8H,1-2,7H2. The van der Waals surface area contributed by atoms with Gasteiger partial charge in [0.05, 0.1) is 11.9 Å². The van der Waals surface area contributed by atoms with Crippen LogP contribution < -0.4 is 0 Å². The van der Waals surface area contributed by atoms with Crippen LogP contribution in [0.25, 0.3) is 5.65 Å². The maximum Gasteiger partial charge on any atom is 0.155 e. The maximum atomic E-state index is 11.6. The van der Waals surface area contributed by atoms with E-state index in [9.17, 15) is 4.79 Å². The summed E-state index contributed by atoms with van der Waals surface area (Å²) in [6.07, 6.45) is 6.14. The minimum Gasteiger partial charge on any atom is -0.299 e. The van der Waals surface area contributed by atoms with Crippen LogP contribution in [0.5, 0.6) is 0 Å². The fourth-order valence-corrected chi connectivity index (χ4v) is 1.68. The Morgan fingerprint density at radius 3 is 3.13 bits per heavy atom. The van der Waals surface area contributed by atoms with Gasteiger partial charge in [0.1, 0.15) is 5.78 Å². The molecule has 0 bridgehead atoms. The molecule has 2 aromatic heterocycles. The average Bonchev–Trinajstić information content (AvgIpc) is 2.98. The molecule has 1 aliphatic rings. The van der Waals surface area contributed by atoms with Crippen LogP contribution in [-0.2, 0) is 11.2 Å². The van der Waals surface area contributed by atoms with E-state index >= 15 is 0 Å². The highest BCUT2D eigenvalue weighted by Crippen LogP contribution is 2.30. The molecule has 4 nitrogen and oxygen atoms in total. The van der Waals surface area contributed by atoms with Gasteiger partial charge in [-0.1, -0.05) is 0 Å². The highest BCUT2D eigenvalue weighted by Gasteiger charge is 2.29. The SMILES string of the molecule is O=C(Cc1ccn2nccc2n1)C1CC1. The van der Waals surface area contributed by atoms with Gasteiger partial charge in [0.15, 0.2) is 5.65 Å². The molecule has 1 fully saturated rings. The fraction of sp³-hybridized carbons (Fsp3) is 0.364. The molecule has 2 heterocycles. The Morgan fingerprint density at radius 1 is 1.47 bits per heavy atom. The number of rotatable bonds is 3. The van der Waals surface area contributed by atoms with Crippen molar-refractivity contribution in [3.8, 4) is 0 Å². The zero-order valence-electron chi connectivity index (χ0n) is 8.26. The predicted octanol–water partition coefficient (Wildman–Crippen LogP) is 1.25. The summed E-state index contributed by atoms with van der Waals surface area (Å²) in [5.41, 5.74) is 1.65. The van der Waals surface area contributed by atoms with Crippen molar-refractivity contribution in [3.63, 3.8) is 0 Å². The van der Waals surface area contributed by atoms with Crippen molar-refractivity contribution in [2.24, 2.45) is 5.92 Å². The van der Waals surface area contributed by atoms with Crippen molar-refractivity contribution in [3.05, 3.63) is 30.2 Å². The second-order valence-electron chi connectivity index (χ2n) is 3.97. The van der Waals surface area contributed by atoms with Crippen LogP contribution >= 0.6 is 0 Å². The topological polar surface area (TPSA) is 47.3 Å². The summed E-state index contributed by atoms with van der Waals surface area (Å²) in [5, 5.41) is 4.06. The first-order valence-corrected chi connectivity index (χ1v) is 5.15. The number of nitrogens with zero attached hydrogens (tertiary/aromatic N) is 3. The molecule has 3 rings (SSSR count). The maximum absolute atomic E-state index is 11.6. The third-order valence-corrected chi connectivity index (χ3v) is 2.70. The van der Waals surface area contributed by atoms with E-state index < -0.39 is 0 Å². The Kier molecular flexibility index (Phi) is 1.80. The molecule has 0 saturated heterocycles. The Bertz CT molecular complexity index is 513. The molecule has 4 heteroatoms. The van der Waals surface area contributed by atoms with E-state index in [1.54, 1.807) is 10.7 Å². The van der Waals surface area contributed by atoms with E-state index in [4.69, 9.17) is 0 Å². The zero-order chi connectivity index (χ0) is 10.3. The molecule has 1 saturated carbocycles. The molecule has 0 radical (unpaired) electrons. The molecule has 0 unspecified atom stereocenters. The van der Waals surface area contributed by atoms with Crippen molar-refractivity contribution < 1.29 is 4.79 Å². The summed E-state index contributed by atoms with van der Waals surface area (Å²) in [7, 11) is 0. The van der Waals surface area contributed by atoms with Crippen LogP contribution in [-0.4, -0.2) is 20.4 Å². The van der Waals surface area contributed by atoms with Crippen LogP contribution in [0.4, 0.5) is 0 Å². The van der Waals surface area contributed by atoms with Gasteiger partial charge in [0.25, 0.3) is 0 Å². The molecule has 0 N–H and O–H groups in total. The lowest BCUT2D eigenvalue weighted by Crippen LogP contribution is -2.07. The molecule has 0 aromatic carbocycles. The van der Waals surface area contributed by atoms with Gasteiger partial charge in [0, 0.05) is 24.6 Å². The van der Waals surface area contributed by atoms with E-state index in [1.165, 1.54) is 0 Å². The molecular formula is C11H11N3O. The number of carbonyl (C=O) groups excluding carboxylic acids is 1. The van der Waals surface area contributed by atoms with Crippen LogP contribution in [0.1, 0.15) is 18.5 Å². The summed E-state index contributed by atoms with van der Waals surface area (Å²) in [6, 6.07) is 3.70. The number of aromatic nitrogens is 3. The van der Waals surface area contributed by atoms with Gasteiger partial charge in [-0.25, -0.2) is 9.50 Å². The third-order valence-electron chi connectivity index (χ3n) is 2.70. The second kappa shape index (κ2) is 3.15. The number of hydrogen-bond donors (Lipinski definition) is 0. The smallest absolute Gasteiger partial charge is 0.155 e. The highest BCUT2D eigenvalue weighted by molar-refractivity contribution is 5.84. The Balaban J connectivity index is 1.86. The molecule has 0 atom stereocenters. The zero-order valence-corrected chi connectivity index (χ0v) is 8.26. The molecule has 15 heavy (non-hydrogen) atoms. The van der Waals surface area contributed by atoms with Gasteiger partial charge < -0.3 is 0 Å². The van der Waals surface area contributed by atoms with Crippen molar-refractivity contribution in [2.45, 2.75) is 19.3 Å². The number of Topliss-reactive ketones (excluding diaryl/α,β-unsaturated/α-hetero) is 1. The van der Waals surface area contributed by atoms with E-state index in [0.717, 1.165) is 24.2 Å². The number of carbonyl (C=O) groups is 1. The molecule has 2 aromatic rings. The highest BCUT2D eigenvalue weighted by atomic mass is 16.1. The summed E-state index contributed by atoms with van der Waals surface area (Å²) in [6.45, 7) is 0. The number of hydrogen-bond acceptors (Lipinski definition) is 3. The van der Waals surface area contributed by atoms with Crippen LogP contribution in [0.2, 0.25) is 0 Å². The van der Waals surface area contributed by atoms with Gasteiger partial charge in [-0.3, -0.25) is 4.79 Å². The van der Waals surface area contributed by atoms with Crippen molar-refractivity contribution >= 4 is 11.4 Å². The summed E-state index contributed by atoms with van der Waals surface area (Å²) in [5.74, 6) is 0.638. The molecule has 1 aliphatic carbocycles. The van der Waals surface area contributed by atoms with Crippen LogP contribution in [0.3, 0.4) is 0 Å². The van der Waals surface area contributed by atoms with Gasteiger partial charge >= 0.3 is 0 Å². The largest absolute Gasteiger partial charge is 0.299 e. The minimum absolute atomic E-state index is 0.313. The lowest BCUT2D eigenvalue weighted by atomic mass is 10.1. The quantitative estimate of drug-likeness (QED) is 0.750. The lowest BCUT2D eigenvalue weighted by molar-refractivity contribution is -0.119. The Labute approximate surface area is 86.9 Å². The number of fused-ring (bicyclic) bond motifs is 1. The summed E-state index contributed by atoms with van der Waals surface area (Å²) >= 11 is 0. The lowest BCUT2D eigenvalue weighted by Gasteiger charge is -1.99. The van der Waals surface area contributed by atoms with Gasteiger partial charge in [-0.05, 0) is 18.9 Å². The van der Waals surface area contributed by atoms with E-state index in [-0.39, 0.29) is 0 Å². The van der Waals surface area contributed by atoms with Crippen LogP contribution in [0.15, 0.2) is 24.5 Å². The minimum atomic E-state index is 0.313. The first kappa shape index (κ1) is 8.59. The first-order valence-electron chi connectivity index (χ1n) is 5.15. The van der Waals surface area contributed by atoms with E-state index in [1.807, 2.05) is 18.3 Å². The molecule has 76 valence electrons. The molecule has 0 amide bonds. The van der Waals surface area contributed by atoms with Crippen molar-refractivity contribution in [1.82, 2.24) is 14.6 Å². The van der Waals surface area contributed by atoms with E-state index in [0.29, 0.717) is 18.1 Å². The van der Waals surface area contributed by atoms with Crippen molar-refractivity contribution in [2.75, 3.05) is 0 Å². The van der Waals surface area contributed by atoms with Gasteiger partial charge in [-0.15, -0.1) is 0 Å². The summed E-state index contributed by atoms with van der Waals surface area (Å²) < 4.78 is 1.70. The van der Waals surface area contributed by atoms with Crippen molar-refractivity contribution in [1.29, 1.82) is 0 Å².